The number of fused-ring (bicyclic) bond motifs is 1. The van der Waals surface area contributed by atoms with Crippen LogP contribution < -0.4 is 0 Å². The van der Waals surface area contributed by atoms with Gasteiger partial charge < -0.3 is 18.9 Å². The van der Waals surface area contributed by atoms with E-state index in [1.165, 1.54) is 0 Å². The lowest BCUT2D eigenvalue weighted by Crippen LogP contribution is -2.17. The Labute approximate surface area is 142 Å². The van der Waals surface area contributed by atoms with Crippen molar-refractivity contribution >= 4 is 28.8 Å². The van der Waals surface area contributed by atoms with E-state index in [1.807, 2.05) is 30.5 Å². The lowest BCUT2D eigenvalue weighted by molar-refractivity contribution is 0.0310. The molecule has 0 aliphatic rings. The Kier molecular flexibility index (Phi) is 4.75. The van der Waals surface area contributed by atoms with Gasteiger partial charge in [0.25, 0.3) is 11.1 Å². The lowest BCUT2D eigenvalue weighted by Gasteiger charge is -2.12. The summed E-state index contributed by atoms with van der Waals surface area (Å²) in [7, 11) is 0. The van der Waals surface area contributed by atoms with Gasteiger partial charge in [-0.1, -0.05) is 18.2 Å². The number of hydrogen-bond acceptors (Lipinski definition) is 7. The smallest absolute Gasteiger partial charge is 0.432 e. The molecule has 0 aliphatic carbocycles. The Morgan fingerprint density at radius 3 is 2.79 bits per heavy atom. The number of nitrogens with zero attached hydrogens (tertiary/aromatic N) is 2. The van der Waals surface area contributed by atoms with Crippen LogP contribution in [-0.4, -0.2) is 32.9 Å². The Morgan fingerprint density at radius 1 is 1.21 bits per heavy atom. The van der Waals surface area contributed by atoms with Crippen LogP contribution in [0.2, 0.25) is 0 Å². The molecule has 1 N–H and O–H groups in total. The number of carbonyl (C=O) groups is 1. The summed E-state index contributed by atoms with van der Waals surface area (Å²) in [6.07, 6.45) is 0.875. The van der Waals surface area contributed by atoms with Gasteiger partial charge in [-0.25, -0.2) is 4.79 Å². The van der Waals surface area contributed by atoms with Crippen molar-refractivity contribution < 1.29 is 18.7 Å². The van der Waals surface area contributed by atoms with Crippen LogP contribution >= 0.6 is 11.8 Å². The highest BCUT2D eigenvalue weighted by atomic mass is 32.2. The summed E-state index contributed by atoms with van der Waals surface area (Å²) in [6, 6.07) is 7.85. The summed E-state index contributed by atoms with van der Waals surface area (Å²) in [5.74, 6) is 0.409. The molecule has 24 heavy (non-hydrogen) atoms. The number of benzene rings is 1. The fourth-order valence-corrected chi connectivity index (χ4v) is 2.76. The standard InChI is InChI=1S/C16H17N3O4S/c1-9(2)21-16(20)22-10(3)24-15-19-18-14(23-15)12-8-17-13-7-5-4-6-11(12)13/h4-10,17H,1-3H3/t10-/m0/s1. The van der Waals surface area contributed by atoms with E-state index in [0.717, 1.165) is 28.2 Å². The van der Waals surface area contributed by atoms with Crippen molar-refractivity contribution in [3.63, 3.8) is 0 Å². The lowest BCUT2D eigenvalue weighted by atomic mass is 10.2. The largest absolute Gasteiger partial charge is 0.509 e. The third kappa shape index (κ3) is 3.70. The van der Waals surface area contributed by atoms with E-state index in [2.05, 4.69) is 15.2 Å². The van der Waals surface area contributed by atoms with Gasteiger partial charge in [-0.3, -0.25) is 0 Å². The minimum atomic E-state index is -0.721. The summed E-state index contributed by atoms with van der Waals surface area (Å²) in [5, 5.41) is 9.37. The Balaban J connectivity index is 1.68. The van der Waals surface area contributed by atoms with E-state index in [-0.39, 0.29) is 6.10 Å². The summed E-state index contributed by atoms with van der Waals surface area (Å²) < 4.78 is 15.7. The highest BCUT2D eigenvalue weighted by molar-refractivity contribution is 7.99. The number of ether oxygens (including phenoxy) is 2. The quantitative estimate of drug-likeness (QED) is 0.420. The zero-order chi connectivity index (χ0) is 17.1. The Bertz CT molecular complexity index is 843. The van der Waals surface area contributed by atoms with Gasteiger partial charge in [0.1, 0.15) is 0 Å². The average molecular weight is 347 g/mol. The molecule has 2 heterocycles. The molecule has 0 amide bonds. The monoisotopic (exact) mass is 347 g/mol. The molecule has 3 aromatic rings. The normalized spacial score (nSPS) is 12.5. The van der Waals surface area contributed by atoms with Gasteiger partial charge in [-0.15, -0.1) is 10.2 Å². The van der Waals surface area contributed by atoms with Gasteiger partial charge in [-0.05, 0) is 38.6 Å². The molecule has 1 aromatic carbocycles. The maximum absolute atomic E-state index is 11.5. The van der Waals surface area contributed by atoms with Crippen LogP contribution in [0.4, 0.5) is 4.79 Å². The Morgan fingerprint density at radius 2 is 2.00 bits per heavy atom. The van der Waals surface area contributed by atoms with Crippen molar-refractivity contribution in [1.29, 1.82) is 0 Å². The van der Waals surface area contributed by atoms with Gasteiger partial charge in [-0.2, -0.15) is 0 Å². The Hall–Kier alpha value is -2.48. The van der Waals surface area contributed by atoms with Crippen LogP contribution in [-0.2, 0) is 9.47 Å². The summed E-state index contributed by atoms with van der Waals surface area (Å²) >= 11 is 1.15. The second-order valence-corrected chi connectivity index (χ2v) is 6.59. The van der Waals surface area contributed by atoms with Crippen LogP contribution in [0.5, 0.6) is 0 Å². The summed E-state index contributed by atoms with van der Waals surface area (Å²) in [4.78, 5) is 14.6. The van der Waals surface area contributed by atoms with Crippen LogP contribution in [0, 0.1) is 0 Å². The molecule has 0 saturated carbocycles. The van der Waals surface area contributed by atoms with E-state index in [0.29, 0.717) is 11.1 Å². The zero-order valence-electron chi connectivity index (χ0n) is 13.5. The van der Waals surface area contributed by atoms with Crippen LogP contribution in [0.25, 0.3) is 22.4 Å². The van der Waals surface area contributed by atoms with Gasteiger partial charge in [0.05, 0.1) is 11.7 Å². The number of nitrogens with one attached hydrogen (secondary N) is 1. The number of thioether (sulfide) groups is 1. The van der Waals surface area contributed by atoms with E-state index in [4.69, 9.17) is 13.9 Å². The van der Waals surface area contributed by atoms with Gasteiger partial charge in [0, 0.05) is 17.1 Å². The topological polar surface area (TPSA) is 90.2 Å². The second-order valence-electron chi connectivity index (χ2n) is 5.34. The second kappa shape index (κ2) is 6.96. The molecule has 2 aromatic heterocycles. The first kappa shape index (κ1) is 16.4. The predicted molar refractivity (Wildman–Crippen MR) is 89.6 cm³/mol. The van der Waals surface area contributed by atoms with E-state index < -0.39 is 11.6 Å². The first-order chi connectivity index (χ1) is 11.5. The molecule has 126 valence electrons. The van der Waals surface area contributed by atoms with Gasteiger partial charge >= 0.3 is 6.16 Å². The number of hydrogen-bond donors (Lipinski definition) is 1. The average Bonchev–Trinajstić information content (AvgIpc) is 3.12. The molecule has 0 aliphatic heterocycles. The minimum absolute atomic E-state index is 0.230. The number of aromatic nitrogens is 3. The fourth-order valence-electron chi connectivity index (χ4n) is 2.14. The first-order valence-electron chi connectivity index (χ1n) is 7.47. The van der Waals surface area contributed by atoms with E-state index >= 15 is 0 Å². The maximum Gasteiger partial charge on any atom is 0.509 e. The molecular weight excluding hydrogens is 330 g/mol. The molecule has 7 nitrogen and oxygen atoms in total. The SMILES string of the molecule is CC(C)OC(=O)O[C@H](C)Sc1nnc(-c2c[nH]c3ccccc23)o1. The van der Waals surface area contributed by atoms with Crippen LogP contribution in [0.1, 0.15) is 20.8 Å². The van der Waals surface area contributed by atoms with Gasteiger partial charge in [0.2, 0.25) is 0 Å². The predicted octanol–water partition coefficient (Wildman–Crippen LogP) is 4.22. The fraction of sp³-hybridized carbons (Fsp3) is 0.312. The number of para-hydroxylation sites is 1. The molecule has 8 heteroatoms. The number of carbonyl (C=O) groups excluding carboxylic acids is 1. The molecule has 1 atom stereocenters. The molecule has 0 bridgehead atoms. The number of H-pyrrole nitrogens is 1. The van der Waals surface area contributed by atoms with Crippen LogP contribution in [0.3, 0.4) is 0 Å². The maximum atomic E-state index is 11.5. The molecule has 0 spiro atoms. The van der Waals surface area contributed by atoms with Crippen molar-refractivity contribution in [3.05, 3.63) is 30.5 Å². The highest BCUT2D eigenvalue weighted by Gasteiger charge is 2.18. The molecule has 3 rings (SSSR count). The van der Waals surface area contributed by atoms with Crippen molar-refractivity contribution in [2.75, 3.05) is 0 Å². The molecule has 0 unspecified atom stereocenters. The van der Waals surface area contributed by atoms with Crippen molar-refractivity contribution in [2.24, 2.45) is 0 Å². The number of aromatic amines is 1. The van der Waals surface area contributed by atoms with Crippen molar-refractivity contribution in [3.8, 4) is 11.5 Å². The third-order valence-electron chi connectivity index (χ3n) is 3.09. The highest BCUT2D eigenvalue weighted by Crippen LogP contribution is 2.30. The molecule has 0 saturated heterocycles. The number of rotatable bonds is 5. The van der Waals surface area contributed by atoms with Gasteiger partial charge in [0.15, 0.2) is 5.44 Å². The molecule has 0 radical (unpaired) electrons. The molecular formula is C16H17N3O4S. The van der Waals surface area contributed by atoms with E-state index in [1.54, 1.807) is 20.8 Å². The van der Waals surface area contributed by atoms with Crippen molar-refractivity contribution in [2.45, 2.75) is 37.5 Å². The minimum Gasteiger partial charge on any atom is -0.432 e. The molecule has 0 fully saturated rings. The summed E-state index contributed by atoms with van der Waals surface area (Å²) in [5.41, 5.74) is 1.32. The van der Waals surface area contributed by atoms with E-state index in [9.17, 15) is 4.79 Å². The van der Waals surface area contributed by atoms with Crippen molar-refractivity contribution in [1.82, 2.24) is 15.2 Å². The zero-order valence-corrected chi connectivity index (χ0v) is 14.3. The summed E-state index contributed by atoms with van der Waals surface area (Å²) in [6.45, 7) is 5.22. The first-order valence-corrected chi connectivity index (χ1v) is 8.35. The third-order valence-corrected chi connectivity index (χ3v) is 3.88. The van der Waals surface area contributed by atoms with Crippen LogP contribution in [0.15, 0.2) is 40.1 Å².